The van der Waals surface area contributed by atoms with E-state index in [1.54, 1.807) is 6.92 Å². The van der Waals surface area contributed by atoms with Gasteiger partial charge in [-0.3, -0.25) is 9.48 Å². The van der Waals surface area contributed by atoms with Crippen LogP contribution >= 0.6 is 0 Å². The molecule has 0 saturated heterocycles. The highest BCUT2D eigenvalue weighted by Gasteiger charge is 2.22. The number of aromatic nitrogens is 2. The Morgan fingerprint density at radius 2 is 1.50 bits per heavy atom. The van der Waals surface area contributed by atoms with Crippen molar-refractivity contribution in [2.75, 3.05) is 0 Å². The standard InChI is InChI=1S/C19H18N2O/c1-3-21-19(16-12-8-5-9-13-16)17(14(2)22)18(20-21)15-10-6-4-7-11-15/h4-13H,3H2,1-2H3. The maximum atomic E-state index is 12.3. The quantitative estimate of drug-likeness (QED) is 0.666. The minimum Gasteiger partial charge on any atom is -0.294 e. The molecular formula is C19H18N2O. The third-order valence-corrected chi connectivity index (χ3v) is 3.70. The molecule has 0 spiro atoms. The van der Waals surface area contributed by atoms with E-state index >= 15 is 0 Å². The molecule has 3 aromatic rings. The summed E-state index contributed by atoms with van der Waals surface area (Å²) in [7, 11) is 0. The van der Waals surface area contributed by atoms with Crippen molar-refractivity contribution in [1.29, 1.82) is 0 Å². The molecule has 0 bridgehead atoms. The molecule has 1 aromatic heterocycles. The van der Waals surface area contributed by atoms with Gasteiger partial charge in [-0.25, -0.2) is 0 Å². The van der Waals surface area contributed by atoms with Crippen molar-refractivity contribution in [1.82, 2.24) is 9.78 Å². The second kappa shape index (κ2) is 5.98. The lowest BCUT2D eigenvalue weighted by molar-refractivity contribution is 0.101. The molecule has 22 heavy (non-hydrogen) atoms. The first kappa shape index (κ1) is 14.3. The number of benzene rings is 2. The van der Waals surface area contributed by atoms with Crippen LogP contribution in [0.5, 0.6) is 0 Å². The predicted molar refractivity (Wildman–Crippen MR) is 88.8 cm³/mol. The summed E-state index contributed by atoms with van der Waals surface area (Å²) in [6.45, 7) is 4.37. The Hall–Kier alpha value is -2.68. The van der Waals surface area contributed by atoms with E-state index in [9.17, 15) is 4.79 Å². The Bertz CT molecular complexity index is 789. The summed E-state index contributed by atoms with van der Waals surface area (Å²) in [5, 5.41) is 4.69. The predicted octanol–water partition coefficient (Wildman–Crippen LogP) is 4.44. The van der Waals surface area contributed by atoms with Gasteiger partial charge in [0.25, 0.3) is 0 Å². The largest absolute Gasteiger partial charge is 0.294 e. The third-order valence-electron chi connectivity index (χ3n) is 3.70. The molecule has 0 fully saturated rings. The number of hydrogen-bond acceptors (Lipinski definition) is 2. The number of Topliss-reactive ketones (excluding diaryl/α,β-unsaturated/α-hetero) is 1. The van der Waals surface area contributed by atoms with E-state index in [0.717, 1.165) is 29.1 Å². The molecule has 3 heteroatoms. The minimum absolute atomic E-state index is 0.0393. The number of carbonyl (C=O) groups is 1. The van der Waals surface area contributed by atoms with E-state index in [4.69, 9.17) is 5.10 Å². The Labute approximate surface area is 130 Å². The lowest BCUT2D eigenvalue weighted by atomic mass is 9.99. The number of ketones is 1. The van der Waals surface area contributed by atoms with Crippen LogP contribution in [0.2, 0.25) is 0 Å². The van der Waals surface area contributed by atoms with Crippen LogP contribution in [-0.4, -0.2) is 15.6 Å². The van der Waals surface area contributed by atoms with Crippen LogP contribution in [0.15, 0.2) is 60.7 Å². The molecule has 3 nitrogen and oxygen atoms in total. The zero-order chi connectivity index (χ0) is 15.5. The Morgan fingerprint density at radius 1 is 0.955 bits per heavy atom. The summed E-state index contributed by atoms with van der Waals surface area (Å²) in [6, 6.07) is 19.8. The summed E-state index contributed by atoms with van der Waals surface area (Å²) < 4.78 is 1.91. The lowest BCUT2D eigenvalue weighted by Crippen LogP contribution is -2.01. The molecule has 0 saturated carbocycles. The molecule has 0 N–H and O–H groups in total. The van der Waals surface area contributed by atoms with Crippen molar-refractivity contribution in [3.63, 3.8) is 0 Å². The molecule has 0 aliphatic rings. The summed E-state index contributed by atoms with van der Waals surface area (Å²) in [5.74, 6) is 0.0393. The van der Waals surface area contributed by atoms with E-state index in [0.29, 0.717) is 5.56 Å². The SMILES string of the molecule is CCn1nc(-c2ccccc2)c(C(C)=O)c1-c1ccccc1. The molecule has 3 rings (SSSR count). The number of rotatable bonds is 4. The zero-order valence-electron chi connectivity index (χ0n) is 12.8. The van der Waals surface area contributed by atoms with Gasteiger partial charge in [-0.1, -0.05) is 60.7 Å². The molecule has 110 valence electrons. The monoisotopic (exact) mass is 290 g/mol. The van der Waals surface area contributed by atoms with Gasteiger partial charge in [-0.05, 0) is 13.8 Å². The van der Waals surface area contributed by atoms with Crippen LogP contribution in [0.1, 0.15) is 24.2 Å². The first-order chi connectivity index (χ1) is 10.7. The molecule has 0 amide bonds. The van der Waals surface area contributed by atoms with E-state index in [-0.39, 0.29) is 5.78 Å². The van der Waals surface area contributed by atoms with Crippen molar-refractivity contribution >= 4 is 5.78 Å². The second-order valence-electron chi connectivity index (χ2n) is 5.18. The molecule has 0 aliphatic heterocycles. The number of aryl methyl sites for hydroxylation is 1. The van der Waals surface area contributed by atoms with E-state index in [1.165, 1.54) is 0 Å². The Kier molecular flexibility index (Phi) is 3.88. The van der Waals surface area contributed by atoms with Gasteiger partial charge in [0.15, 0.2) is 5.78 Å². The summed E-state index contributed by atoms with van der Waals surface area (Å²) in [4.78, 5) is 12.3. The van der Waals surface area contributed by atoms with E-state index in [2.05, 4.69) is 0 Å². The Balaban J connectivity index is 2.30. The van der Waals surface area contributed by atoms with Gasteiger partial charge >= 0.3 is 0 Å². The minimum atomic E-state index is 0.0393. The summed E-state index contributed by atoms with van der Waals surface area (Å²) >= 11 is 0. The molecule has 0 aliphatic carbocycles. The van der Waals surface area contributed by atoms with E-state index < -0.39 is 0 Å². The fourth-order valence-corrected chi connectivity index (χ4v) is 2.71. The van der Waals surface area contributed by atoms with Crippen LogP contribution in [0.4, 0.5) is 0 Å². The Morgan fingerprint density at radius 3 is 2.00 bits per heavy atom. The molecule has 0 atom stereocenters. The van der Waals surface area contributed by atoms with Gasteiger partial charge < -0.3 is 0 Å². The van der Waals surface area contributed by atoms with Gasteiger partial charge in [0.1, 0.15) is 5.69 Å². The molecule has 0 unspecified atom stereocenters. The van der Waals surface area contributed by atoms with Crippen molar-refractivity contribution in [2.24, 2.45) is 0 Å². The van der Waals surface area contributed by atoms with Crippen molar-refractivity contribution < 1.29 is 4.79 Å². The smallest absolute Gasteiger partial charge is 0.164 e. The van der Waals surface area contributed by atoms with Gasteiger partial charge in [0, 0.05) is 17.7 Å². The highest BCUT2D eigenvalue weighted by atomic mass is 16.1. The molecular weight excluding hydrogens is 272 g/mol. The average molecular weight is 290 g/mol. The van der Waals surface area contributed by atoms with Gasteiger partial charge in [0.05, 0.1) is 11.3 Å². The number of nitrogens with zero attached hydrogens (tertiary/aromatic N) is 2. The van der Waals surface area contributed by atoms with Crippen LogP contribution in [-0.2, 0) is 6.54 Å². The van der Waals surface area contributed by atoms with Crippen molar-refractivity contribution in [3.05, 3.63) is 66.2 Å². The topological polar surface area (TPSA) is 34.9 Å². The summed E-state index contributed by atoms with van der Waals surface area (Å²) in [6.07, 6.45) is 0. The first-order valence-corrected chi connectivity index (χ1v) is 7.45. The first-order valence-electron chi connectivity index (χ1n) is 7.45. The van der Waals surface area contributed by atoms with Crippen LogP contribution in [0.3, 0.4) is 0 Å². The highest BCUT2D eigenvalue weighted by molar-refractivity contribution is 6.05. The fourth-order valence-electron chi connectivity index (χ4n) is 2.71. The van der Waals surface area contributed by atoms with Gasteiger partial charge in [0.2, 0.25) is 0 Å². The maximum absolute atomic E-state index is 12.3. The van der Waals surface area contributed by atoms with E-state index in [1.807, 2.05) is 72.3 Å². The van der Waals surface area contributed by atoms with Gasteiger partial charge in [-0.15, -0.1) is 0 Å². The molecule has 2 aromatic carbocycles. The summed E-state index contributed by atoms with van der Waals surface area (Å²) in [5.41, 5.74) is 4.34. The maximum Gasteiger partial charge on any atom is 0.164 e. The normalized spacial score (nSPS) is 10.6. The molecule has 0 radical (unpaired) electrons. The number of carbonyl (C=O) groups excluding carboxylic acids is 1. The van der Waals surface area contributed by atoms with Crippen molar-refractivity contribution in [2.45, 2.75) is 20.4 Å². The highest BCUT2D eigenvalue weighted by Crippen LogP contribution is 2.32. The zero-order valence-corrected chi connectivity index (χ0v) is 12.8. The van der Waals surface area contributed by atoms with Crippen molar-refractivity contribution in [3.8, 4) is 22.5 Å². The van der Waals surface area contributed by atoms with Crippen LogP contribution in [0.25, 0.3) is 22.5 Å². The van der Waals surface area contributed by atoms with Crippen LogP contribution in [0, 0.1) is 0 Å². The fraction of sp³-hybridized carbons (Fsp3) is 0.158. The van der Waals surface area contributed by atoms with Crippen LogP contribution < -0.4 is 0 Å². The number of hydrogen-bond donors (Lipinski definition) is 0. The average Bonchev–Trinajstić information content (AvgIpc) is 2.96. The molecule has 1 heterocycles. The second-order valence-corrected chi connectivity index (χ2v) is 5.18. The lowest BCUT2D eigenvalue weighted by Gasteiger charge is -2.06. The van der Waals surface area contributed by atoms with Gasteiger partial charge in [-0.2, -0.15) is 5.10 Å². The third kappa shape index (κ3) is 2.46.